The van der Waals surface area contributed by atoms with Crippen molar-refractivity contribution in [3.8, 4) is 5.75 Å². The summed E-state index contributed by atoms with van der Waals surface area (Å²) >= 11 is 0. The molecule has 0 fully saturated rings. The van der Waals surface area contributed by atoms with E-state index < -0.39 is 10.1 Å². The summed E-state index contributed by atoms with van der Waals surface area (Å²) in [6, 6.07) is 11.4. The molecule has 1 aliphatic carbocycles. The van der Waals surface area contributed by atoms with Crippen LogP contribution in [-0.4, -0.2) is 14.3 Å². The topological polar surface area (TPSA) is 72.5 Å². The van der Waals surface area contributed by atoms with Crippen LogP contribution in [0.2, 0.25) is 0 Å². The van der Waals surface area contributed by atoms with E-state index in [0.717, 1.165) is 24.8 Å². The molecule has 24 heavy (non-hydrogen) atoms. The first kappa shape index (κ1) is 16.5. The lowest BCUT2D eigenvalue weighted by Gasteiger charge is -2.16. The Kier molecular flexibility index (Phi) is 4.57. The van der Waals surface area contributed by atoms with Gasteiger partial charge in [0.15, 0.2) is 0 Å². The predicted molar refractivity (Wildman–Crippen MR) is 91.6 cm³/mol. The van der Waals surface area contributed by atoms with E-state index in [-0.39, 0.29) is 10.8 Å². The third-order valence-electron chi connectivity index (χ3n) is 3.99. The van der Waals surface area contributed by atoms with Gasteiger partial charge in [0.25, 0.3) is 0 Å². The van der Waals surface area contributed by atoms with E-state index >= 15 is 0 Å². The Morgan fingerprint density at radius 3 is 2.33 bits per heavy atom. The van der Waals surface area contributed by atoms with Gasteiger partial charge in [-0.2, -0.15) is 8.42 Å². The number of benzene rings is 2. The van der Waals surface area contributed by atoms with Gasteiger partial charge in [-0.25, -0.2) is 0 Å². The van der Waals surface area contributed by atoms with Crippen molar-refractivity contribution in [1.29, 1.82) is 0 Å². The Bertz CT molecular complexity index is 857. The molecule has 2 aromatic rings. The van der Waals surface area contributed by atoms with Crippen molar-refractivity contribution in [3.05, 3.63) is 53.6 Å². The smallest absolute Gasteiger partial charge is 0.339 e. The minimum Gasteiger partial charge on any atom is -0.379 e. The van der Waals surface area contributed by atoms with Crippen LogP contribution < -0.4 is 9.50 Å². The van der Waals surface area contributed by atoms with Gasteiger partial charge >= 0.3 is 10.1 Å². The van der Waals surface area contributed by atoms with Crippen molar-refractivity contribution in [2.24, 2.45) is 0 Å². The molecule has 0 spiro atoms. The summed E-state index contributed by atoms with van der Waals surface area (Å²) in [6.07, 6.45) is 4.28. The first-order valence-corrected chi connectivity index (χ1v) is 9.29. The number of hydrogen-bond donors (Lipinski definition) is 1. The zero-order chi connectivity index (χ0) is 17.2. The van der Waals surface area contributed by atoms with Crippen molar-refractivity contribution >= 4 is 21.7 Å². The normalized spacial score (nSPS) is 13.9. The molecule has 0 saturated carbocycles. The maximum Gasteiger partial charge on any atom is 0.339 e. The van der Waals surface area contributed by atoms with E-state index in [0.29, 0.717) is 11.4 Å². The molecular weight excluding hydrogens is 326 g/mol. The van der Waals surface area contributed by atoms with E-state index in [2.05, 4.69) is 5.32 Å². The average Bonchev–Trinajstić information content (AvgIpc) is 2.54. The van der Waals surface area contributed by atoms with Crippen molar-refractivity contribution < 1.29 is 17.4 Å². The predicted octanol–water partition coefficient (Wildman–Crippen LogP) is 3.29. The van der Waals surface area contributed by atoms with Crippen LogP contribution >= 0.6 is 0 Å². The summed E-state index contributed by atoms with van der Waals surface area (Å²) in [4.78, 5) is 11.0. The molecule has 2 aromatic carbocycles. The Labute approximate surface area is 141 Å². The molecule has 1 N–H and O–H groups in total. The molecule has 0 radical (unpaired) electrons. The molecule has 126 valence electrons. The Morgan fingerprint density at radius 1 is 1.00 bits per heavy atom. The summed E-state index contributed by atoms with van der Waals surface area (Å²) in [5.41, 5.74) is 2.97. The molecule has 5 nitrogen and oxygen atoms in total. The Balaban J connectivity index is 1.79. The van der Waals surface area contributed by atoms with Gasteiger partial charge in [-0.3, -0.25) is 4.79 Å². The lowest BCUT2D eigenvalue weighted by molar-refractivity contribution is -0.114. The highest BCUT2D eigenvalue weighted by atomic mass is 32.2. The van der Waals surface area contributed by atoms with E-state index in [4.69, 9.17) is 4.18 Å². The zero-order valence-electron chi connectivity index (χ0n) is 13.4. The van der Waals surface area contributed by atoms with Gasteiger partial charge in [0.1, 0.15) is 10.6 Å². The van der Waals surface area contributed by atoms with Gasteiger partial charge in [0.2, 0.25) is 5.91 Å². The molecular formula is C18H19NO4S. The second-order valence-corrected chi connectivity index (χ2v) is 7.43. The standard InChI is InChI=1S/C18H19NO4S/c1-13(20)19-16-7-10-18(11-8-16)24(21,22)23-17-9-6-14-4-2-3-5-15(14)12-17/h6-12H,2-5H2,1H3,(H,19,20). The quantitative estimate of drug-likeness (QED) is 0.863. The van der Waals surface area contributed by atoms with Gasteiger partial charge < -0.3 is 9.50 Å². The third kappa shape index (κ3) is 3.76. The van der Waals surface area contributed by atoms with Crippen molar-refractivity contribution in [3.63, 3.8) is 0 Å². The summed E-state index contributed by atoms with van der Waals surface area (Å²) < 4.78 is 30.0. The molecule has 0 bridgehead atoms. The second-order valence-electron chi connectivity index (χ2n) is 5.88. The largest absolute Gasteiger partial charge is 0.379 e. The van der Waals surface area contributed by atoms with Crippen LogP contribution in [0.3, 0.4) is 0 Å². The molecule has 0 saturated heterocycles. The molecule has 0 atom stereocenters. The van der Waals surface area contributed by atoms with Crippen LogP contribution in [-0.2, 0) is 27.8 Å². The van der Waals surface area contributed by atoms with Crippen LogP contribution in [0.4, 0.5) is 5.69 Å². The number of carbonyl (C=O) groups excluding carboxylic acids is 1. The summed E-state index contributed by atoms with van der Waals surface area (Å²) in [7, 11) is -3.90. The number of anilines is 1. The fourth-order valence-electron chi connectivity index (χ4n) is 2.84. The van der Waals surface area contributed by atoms with Crippen LogP contribution in [0.5, 0.6) is 5.75 Å². The monoisotopic (exact) mass is 345 g/mol. The van der Waals surface area contributed by atoms with E-state index in [1.54, 1.807) is 6.07 Å². The maximum atomic E-state index is 12.4. The molecule has 1 aliphatic rings. The Morgan fingerprint density at radius 2 is 1.67 bits per heavy atom. The first-order valence-electron chi connectivity index (χ1n) is 7.88. The van der Waals surface area contributed by atoms with E-state index in [9.17, 15) is 13.2 Å². The van der Waals surface area contributed by atoms with Crippen LogP contribution in [0.25, 0.3) is 0 Å². The number of aryl methyl sites for hydroxylation is 2. The third-order valence-corrected chi connectivity index (χ3v) is 5.25. The minimum atomic E-state index is -3.90. The molecule has 0 aliphatic heterocycles. The first-order chi connectivity index (χ1) is 11.4. The fourth-order valence-corrected chi connectivity index (χ4v) is 3.77. The molecule has 3 rings (SSSR count). The van der Waals surface area contributed by atoms with Gasteiger partial charge in [-0.05, 0) is 73.2 Å². The number of amides is 1. The average molecular weight is 345 g/mol. The molecule has 6 heteroatoms. The van der Waals surface area contributed by atoms with Gasteiger partial charge in [-0.15, -0.1) is 0 Å². The fraction of sp³-hybridized carbons (Fsp3) is 0.278. The summed E-state index contributed by atoms with van der Waals surface area (Å²) in [5.74, 6) is 0.123. The number of fused-ring (bicyclic) bond motifs is 1. The zero-order valence-corrected chi connectivity index (χ0v) is 14.2. The van der Waals surface area contributed by atoms with Crippen molar-refractivity contribution in [1.82, 2.24) is 0 Å². The molecule has 0 heterocycles. The van der Waals surface area contributed by atoms with Crippen LogP contribution in [0, 0.1) is 0 Å². The number of hydrogen-bond acceptors (Lipinski definition) is 4. The minimum absolute atomic E-state index is 0.0503. The molecule has 0 aromatic heterocycles. The number of carbonyl (C=O) groups is 1. The van der Waals surface area contributed by atoms with E-state index in [1.807, 2.05) is 12.1 Å². The Hall–Kier alpha value is -2.34. The number of rotatable bonds is 4. The molecule has 1 amide bonds. The van der Waals surface area contributed by atoms with Gasteiger partial charge in [0.05, 0.1) is 0 Å². The van der Waals surface area contributed by atoms with Gasteiger partial charge in [0, 0.05) is 12.6 Å². The lowest BCUT2D eigenvalue weighted by Crippen LogP contribution is -2.11. The van der Waals surface area contributed by atoms with Gasteiger partial charge in [-0.1, -0.05) is 6.07 Å². The SMILES string of the molecule is CC(=O)Nc1ccc(S(=O)(=O)Oc2ccc3c(c2)CCCC3)cc1. The lowest BCUT2D eigenvalue weighted by atomic mass is 9.92. The van der Waals surface area contributed by atoms with E-state index in [1.165, 1.54) is 43.2 Å². The highest BCUT2D eigenvalue weighted by Gasteiger charge is 2.18. The molecule has 0 unspecified atom stereocenters. The van der Waals surface area contributed by atoms with Crippen LogP contribution in [0.1, 0.15) is 30.9 Å². The van der Waals surface area contributed by atoms with Crippen LogP contribution in [0.15, 0.2) is 47.4 Å². The second kappa shape index (κ2) is 6.65. The highest BCUT2D eigenvalue weighted by Crippen LogP contribution is 2.27. The maximum absolute atomic E-state index is 12.4. The summed E-state index contributed by atoms with van der Waals surface area (Å²) in [6.45, 7) is 1.39. The van der Waals surface area contributed by atoms with Crippen molar-refractivity contribution in [2.45, 2.75) is 37.5 Å². The highest BCUT2D eigenvalue weighted by molar-refractivity contribution is 7.87. The van der Waals surface area contributed by atoms with Crippen molar-refractivity contribution in [2.75, 3.05) is 5.32 Å². The summed E-state index contributed by atoms with van der Waals surface area (Å²) in [5, 5.41) is 2.59. The number of nitrogens with one attached hydrogen (secondary N) is 1.